The van der Waals surface area contributed by atoms with Crippen molar-refractivity contribution in [3.05, 3.63) is 48.8 Å². The van der Waals surface area contributed by atoms with E-state index in [2.05, 4.69) is 46.4 Å². The fourth-order valence-corrected chi connectivity index (χ4v) is 6.36. The van der Waals surface area contributed by atoms with Gasteiger partial charge in [-0.2, -0.15) is 4.98 Å². The lowest BCUT2D eigenvalue weighted by atomic mass is 10.0. The van der Waals surface area contributed by atoms with Crippen LogP contribution in [0.3, 0.4) is 0 Å². The van der Waals surface area contributed by atoms with Crippen LogP contribution < -0.4 is 20.3 Å². The fraction of sp³-hybridized carbons (Fsp3) is 0.464. The number of aliphatic hydroxyl groups excluding tert-OH is 1. The minimum atomic E-state index is -3.43. The number of sulfone groups is 1. The molecule has 0 spiro atoms. The van der Waals surface area contributed by atoms with Crippen molar-refractivity contribution in [1.82, 2.24) is 24.8 Å². The molecule has 0 amide bonds. The molecule has 220 valence electrons. The maximum atomic E-state index is 12.2. The van der Waals surface area contributed by atoms with E-state index < -0.39 is 9.84 Å². The number of aromatic nitrogens is 3. The van der Waals surface area contributed by atoms with E-state index in [0.717, 1.165) is 70.6 Å². The number of piperidine rings is 1. The van der Waals surface area contributed by atoms with Gasteiger partial charge in [0, 0.05) is 69.9 Å². The summed E-state index contributed by atoms with van der Waals surface area (Å²) in [6, 6.07) is 13.3. The second-order valence-corrected chi connectivity index (χ2v) is 12.3. The number of methoxy groups -OCH3 is 1. The van der Waals surface area contributed by atoms with Gasteiger partial charge in [-0.05, 0) is 37.1 Å². The summed E-state index contributed by atoms with van der Waals surface area (Å²) in [6.07, 6.45) is 4.75. The van der Waals surface area contributed by atoms with E-state index >= 15 is 0 Å². The number of aliphatic hydroxyl groups is 1. The van der Waals surface area contributed by atoms with Crippen molar-refractivity contribution in [2.75, 3.05) is 81.3 Å². The number of ether oxygens (including phenoxy) is 1. The number of β-amino-alcohol motifs (C(OH)–C–C–N with tert-alkyl or cyclic N) is 1. The fourth-order valence-electron chi connectivity index (χ4n) is 5.51. The second-order valence-electron chi connectivity index (χ2n) is 10.4. The molecule has 0 unspecified atom stereocenters. The standard InChI is InChI=1S/C28H38N8O4S/c1-40-25-19-22(35-11-9-21(10-12-35)36-15-13-34(14-16-36)17-18-37)7-8-23(25)31-27-29-20-30-28(33-27)32-24-5-3-4-6-26(24)41(2,38)39/h3-8,19-21,37H,9-18H2,1-2H3,(H2,29,30,31,32,33). The average molecular weight is 583 g/mol. The summed E-state index contributed by atoms with van der Waals surface area (Å²) < 4.78 is 30.0. The molecule has 3 N–H and O–H groups in total. The Morgan fingerprint density at radius 3 is 2.29 bits per heavy atom. The molecule has 12 nitrogen and oxygen atoms in total. The van der Waals surface area contributed by atoms with Crippen molar-refractivity contribution in [2.45, 2.75) is 23.8 Å². The summed E-state index contributed by atoms with van der Waals surface area (Å²) in [4.78, 5) is 20.3. The number of para-hydroxylation sites is 1. The van der Waals surface area contributed by atoms with Gasteiger partial charge in [0.15, 0.2) is 9.84 Å². The highest BCUT2D eigenvalue weighted by Gasteiger charge is 2.27. The highest BCUT2D eigenvalue weighted by Crippen LogP contribution is 2.33. The van der Waals surface area contributed by atoms with Gasteiger partial charge in [0.1, 0.15) is 12.1 Å². The lowest BCUT2D eigenvalue weighted by Crippen LogP contribution is -2.53. The average Bonchev–Trinajstić information content (AvgIpc) is 2.98. The Labute approximate surface area is 241 Å². The molecule has 41 heavy (non-hydrogen) atoms. The van der Waals surface area contributed by atoms with Gasteiger partial charge in [-0.3, -0.25) is 9.80 Å². The predicted octanol–water partition coefficient (Wildman–Crippen LogP) is 2.35. The maximum absolute atomic E-state index is 12.2. The van der Waals surface area contributed by atoms with Gasteiger partial charge < -0.3 is 25.4 Å². The zero-order valence-electron chi connectivity index (χ0n) is 23.5. The van der Waals surface area contributed by atoms with E-state index in [-0.39, 0.29) is 17.5 Å². The topological polar surface area (TPSA) is 136 Å². The SMILES string of the molecule is COc1cc(N2CCC(N3CCN(CCO)CC3)CC2)ccc1Nc1ncnc(Nc2ccccc2S(C)(=O)=O)n1. The molecule has 2 aromatic carbocycles. The van der Waals surface area contributed by atoms with Gasteiger partial charge >= 0.3 is 0 Å². The summed E-state index contributed by atoms with van der Waals surface area (Å²) >= 11 is 0. The number of nitrogens with one attached hydrogen (secondary N) is 2. The number of piperazine rings is 1. The monoisotopic (exact) mass is 582 g/mol. The molecule has 3 heterocycles. The molecule has 0 aliphatic carbocycles. The summed E-state index contributed by atoms with van der Waals surface area (Å²) in [7, 11) is -1.79. The molecular weight excluding hydrogens is 544 g/mol. The van der Waals surface area contributed by atoms with Gasteiger partial charge in [-0.15, -0.1) is 0 Å². The van der Waals surface area contributed by atoms with E-state index in [1.54, 1.807) is 25.3 Å². The number of rotatable bonds is 10. The largest absolute Gasteiger partial charge is 0.494 e. The molecule has 3 aromatic rings. The summed E-state index contributed by atoms with van der Waals surface area (Å²) in [6.45, 7) is 7.15. The highest BCUT2D eigenvalue weighted by molar-refractivity contribution is 7.90. The number of benzene rings is 2. The summed E-state index contributed by atoms with van der Waals surface area (Å²) in [5.74, 6) is 1.18. The Morgan fingerprint density at radius 1 is 0.951 bits per heavy atom. The lowest BCUT2D eigenvalue weighted by molar-refractivity contribution is 0.0747. The highest BCUT2D eigenvalue weighted by atomic mass is 32.2. The van der Waals surface area contributed by atoms with E-state index in [1.807, 2.05) is 12.1 Å². The van der Waals surface area contributed by atoms with Crippen molar-refractivity contribution in [1.29, 1.82) is 0 Å². The quantitative estimate of drug-likeness (QED) is 0.324. The van der Waals surface area contributed by atoms with Gasteiger partial charge in [-0.25, -0.2) is 18.4 Å². The van der Waals surface area contributed by atoms with Crippen molar-refractivity contribution in [3.8, 4) is 5.75 Å². The Hall–Kier alpha value is -3.52. The van der Waals surface area contributed by atoms with Gasteiger partial charge in [-0.1, -0.05) is 12.1 Å². The molecule has 2 saturated heterocycles. The van der Waals surface area contributed by atoms with E-state index in [4.69, 9.17) is 4.74 Å². The van der Waals surface area contributed by atoms with Crippen LogP contribution in [-0.2, 0) is 9.84 Å². The third-order valence-corrected chi connectivity index (χ3v) is 8.86. The zero-order valence-corrected chi connectivity index (χ0v) is 24.3. The van der Waals surface area contributed by atoms with Gasteiger partial charge in [0.25, 0.3) is 0 Å². The molecule has 1 aromatic heterocycles. The Balaban J connectivity index is 1.21. The lowest BCUT2D eigenvalue weighted by Gasteiger charge is -2.43. The van der Waals surface area contributed by atoms with Crippen LogP contribution in [0.15, 0.2) is 53.7 Å². The molecule has 0 bridgehead atoms. The van der Waals surface area contributed by atoms with Gasteiger partial charge in [0.05, 0.1) is 30.0 Å². The molecule has 5 rings (SSSR count). The number of hydrogen-bond donors (Lipinski definition) is 3. The first-order chi connectivity index (χ1) is 19.8. The summed E-state index contributed by atoms with van der Waals surface area (Å²) in [5, 5.41) is 15.4. The Kier molecular flexibility index (Phi) is 9.18. The number of anilines is 5. The third kappa shape index (κ3) is 7.22. The van der Waals surface area contributed by atoms with Crippen LogP contribution in [0.4, 0.5) is 29.0 Å². The van der Waals surface area contributed by atoms with Crippen LogP contribution in [0.5, 0.6) is 5.75 Å². The van der Waals surface area contributed by atoms with Gasteiger partial charge in [0.2, 0.25) is 11.9 Å². The molecule has 0 saturated carbocycles. The molecule has 2 fully saturated rings. The summed E-state index contributed by atoms with van der Waals surface area (Å²) in [5.41, 5.74) is 2.20. The second kappa shape index (κ2) is 13.0. The van der Waals surface area contributed by atoms with Crippen LogP contribution in [0.1, 0.15) is 12.8 Å². The van der Waals surface area contributed by atoms with Crippen LogP contribution in [0, 0.1) is 0 Å². The van der Waals surface area contributed by atoms with E-state index in [0.29, 0.717) is 29.1 Å². The number of hydrogen-bond acceptors (Lipinski definition) is 12. The van der Waals surface area contributed by atoms with Crippen LogP contribution >= 0.6 is 0 Å². The molecule has 13 heteroatoms. The molecule has 0 radical (unpaired) electrons. The third-order valence-electron chi connectivity index (χ3n) is 7.71. The molecule has 0 atom stereocenters. The molecule has 2 aliphatic heterocycles. The maximum Gasteiger partial charge on any atom is 0.232 e. The van der Waals surface area contributed by atoms with Crippen molar-refractivity contribution in [2.24, 2.45) is 0 Å². The van der Waals surface area contributed by atoms with Crippen LogP contribution in [0.25, 0.3) is 0 Å². The van der Waals surface area contributed by atoms with Crippen molar-refractivity contribution >= 4 is 38.8 Å². The van der Waals surface area contributed by atoms with Crippen molar-refractivity contribution < 1.29 is 18.3 Å². The minimum absolute atomic E-state index is 0.164. The zero-order chi connectivity index (χ0) is 28.8. The van der Waals surface area contributed by atoms with Crippen LogP contribution in [-0.4, -0.2) is 110 Å². The number of nitrogens with zero attached hydrogens (tertiary/aromatic N) is 6. The van der Waals surface area contributed by atoms with Crippen LogP contribution in [0.2, 0.25) is 0 Å². The first-order valence-corrected chi connectivity index (χ1v) is 15.8. The molecular formula is C28H38N8O4S. The smallest absolute Gasteiger partial charge is 0.232 e. The first-order valence-electron chi connectivity index (χ1n) is 13.9. The molecule has 2 aliphatic rings. The normalized spacial score (nSPS) is 17.4. The first kappa shape index (κ1) is 29.0. The van der Waals surface area contributed by atoms with E-state index in [9.17, 15) is 13.5 Å². The predicted molar refractivity (Wildman–Crippen MR) is 159 cm³/mol. The minimum Gasteiger partial charge on any atom is -0.494 e. The Bertz CT molecular complexity index is 1420. The Morgan fingerprint density at radius 2 is 1.63 bits per heavy atom. The van der Waals surface area contributed by atoms with Crippen molar-refractivity contribution in [3.63, 3.8) is 0 Å². The van der Waals surface area contributed by atoms with E-state index in [1.165, 1.54) is 12.4 Å².